The van der Waals surface area contributed by atoms with E-state index in [0.717, 1.165) is 11.0 Å². The summed E-state index contributed by atoms with van der Waals surface area (Å²) in [4.78, 5) is 20.3. The van der Waals surface area contributed by atoms with E-state index in [1.165, 1.54) is 0 Å². The van der Waals surface area contributed by atoms with Gasteiger partial charge in [0.15, 0.2) is 0 Å². The summed E-state index contributed by atoms with van der Waals surface area (Å²) in [6.45, 7) is 2.73. The third-order valence-electron chi connectivity index (χ3n) is 2.37. The van der Waals surface area contributed by atoms with Gasteiger partial charge in [0.1, 0.15) is 11.6 Å². The van der Waals surface area contributed by atoms with Gasteiger partial charge in [0.25, 0.3) is 5.91 Å². The van der Waals surface area contributed by atoms with Crippen LogP contribution in [0.3, 0.4) is 0 Å². The van der Waals surface area contributed by atoms with Gasteiger partial charge in [0.05, 0.1) is 4.47 Å². The number of hydrogen-bond donors (Lipinski definition) is 2. The minimum atomic E-state index is -0.221. The second-order valence-corrected chi connectivity index (χ2v) is 4.60. The molecule has 19 heavy (non-hydrogen) atoms. The maximum atomic E-state index is 12.1. The molecule has 2 aromatic rings. The molecule has 2 N–H and O–H groups in total. The summed E-state index contributed by atoms with van der Waals surface area (Å²) in [5.41, 5.74) is 0.531. The average Bonchev–Trinajstić information content (AvgIpc) is 2.42. The van der Waals surface area contributed by atoms with Gasteiger partial charge < -0.3 is 10.6 Å². The van der Waals surface area contributed by atoms with E-state index in [4.69, 9.17) is 0 Å². The standard InChI is InChI=1S/C13H13BrN4O/c1-2-15-11-8-9(5-7-16-11)13(19)18-12-10(14)4-3-6-17-12/h3-8H,2H2,1H3,(H,15,16)(H,17,18,19). The Morgan fingerprint density at radius 1 is 1.32 bits per heavy atom. The molecule has 0 atom stereocenters. The van der Waals surface area contributed by atoms with Gasteiger partial charge in [-0.05, 0) is 47.1 Å². The molecule has 1 amide bonds. The monoisotopic (exact) mass is 320 g/mol. The minimum absolute atomic E-state index is 0.221. The zero-order chi connectivity index (χ0) is 13.7. The normalized spacial score (nSPS) is 10.0. The molecule has 2 rings (SSSR count). The second-order valence-electron chi connectivity index (χ2n) is 3.75. The lowest BCUT2D eigenvalue weighted by atomic mass is 10.2. The molecule has 0 saturated heterocycles. The summed E-state index contributed by atoms with van der Waals surface area (Å²) in [7, 11) is 0. The third-order valence-corrected chi connectivity index (χ3v) is 3.01. The molecule has 0 bridgehead atoms. The zero-order valence-electron chi connectivity index (χ0n) is 10.4. The number of halogens is 1. The number of pyridine rings is 2. The predicted octanol–water partition coefficient (Wildman–Crippen LogP) is 2.92. The highest BCUT2D eigenvalue weighted by Crippen LogP contribution is 2.19. The van der Waals surface area contributed by atoms with Crippen molar-refractivity contribution in [1.82, 2.24) is 9.97 Å². The SMILES string of the molecule is CCNc1cc(C(=O)Nc2ncccc2Br)ccn1. The van der Waals surface area contributed by atoms with Gasteiger partial charge in [-0.2, -0.15) is 0 Å². The number of anilines is 2. The molecule has 2 aromatic heterocycles. The Labute approximate surface area is 119 Å². The van der Waals surface area contributed by atoms with Crippen LogP contribution >= 0.6 is 15.9 Å². The van der Waals surface area contributed by atoms with Crippen LogP contribution in [0.4, 0.5) is 11.6 Å². The van der Waals surface area contributed by atoms with Gasteiger partial charge in [-0.25, -0.2) is 9.97 Å². The van der Waals surface area contributed by atoms with Gasteiger partial charge in [-0.1, -0.05) is 0 Å². The first-order valence-electron chi connectivity index (χ1n) is 5.82. The van der Waals surface area contributed by atoms with Crippen LogP contribution in [0, 0.1) is 0 Å². The molecule has 0 aliphatic heterocycles. The molecule has 98 valence electrons. The number of nitrogens with one attached hydrogen (secondary N) is 2. The first-order chi connectivity index (χ1) is 9.20. The molecule has 0 unspecified atom stereocenters. The van der Waals surface area contributed by atoms with Gasteiger partial charge in [-0.3, -0.25) is 4.79 Å². The molecule has 0 aliphatic rings. The summed E-state index contributed by atoms with van der Waals surface area (Å²) < 4.78 is 0.740. The van der Waals surface area contributed by atoms with Crippen molar-refractivity contribution in [3.05, 3.63) is 46.7 Å². The highest BCUT2D eigenvalue weighted by molar-refractivity contribution is 9.10. The quantitative estimate of drug-likeness (QED) is 0.909. The van der Waals surface area contributed by atoms with E-state index in [1.54, 1.807) is 30.6 Å². The van der Waals surface area contributed by atoms with Crippen LogP contribution < -0.4 is 10.6 Å². The van der Waals surface area contributed by atoms with Crippen molar-refractivity contribution in [3.8, 4) is 0 Å². The molecule has 6 heteroatoms. The Bertz CT molecular complexity index is 588. The maximum absolute atomic E-state index is 12.1. The van der Waals surface area contributed by atoms with E-state index in [0.29, 0.717) is 17.2 Å². The molecule has 2 heterocycles. The molecule has 0 aliphatic carbocycles. The number of aromatic nitrogens is 2. The molecular formula is C13H13BrN4O. The number of carbonyl (C=O) groups excluding carboxylic acids is 1. The Kier molecular flexibility index (Phi) is 4.46. The van der Waals surface area contributed by atoms with Crippen LogP contribution in [0.15, 0.2) is 41.1 Å². The van der Waals surface area contributed by atoms with E-state index < -0.39 is 0 Å². The third kappa shape index (κ3) is 3.51. The molecular weight excluding hydrogens is 308 g/mol. The van der Waals surface area contributed by atoms with E-state index in [-0.39, 0.29) is 5.91 Å². The Balaban J connectivity index is 2.16. The second kappa shape index (κ2) is 6.29. The van der Waals surface area contributed by atoms with Crippen molar-refractivity contribution >= 4 is 33.5 Å². The van der Waals surface area contributed by atoms with E-state index >= 15 is 0 Å². The number of nitrogens with zero attached hydrogens (tertiary/aromatic N) is 2. The van der Waals surface area contributed by atoms with E-state index in [9.17, 15) is 4.79 Å². The molecule has 0 aromatic carbocycles. The van der Waals surface area contributed by atoms with Crippen molar-refractivity contribution in [3.63, 3.8) is 0 Å². The fraction of sp³-hybridized carbons (Fsp3) is 0.154. The summed E-state index contributed by atoms with van der Waals surface area (Å²) in [5.74, 6) is 0.950. The lowest BCUT2D eigenvalue weighted by molar-refractivity contribution is 0.102. The highest BCUT2D eigenvalue weighted by atomic mass is 79.9. The van der Waals surface area contributed by atoms with E-state index in [1.807, 2.05) is 13.0 Å². The van der Waals surface area contributed by atoms with Crippen molar-refractivity contribution in [2.24, 2.45) is 0 Å². The first-order valence-corrected chi connectivity index (χ1v) is 6.62. The molecule has 0 radical (unpaired) electrons. The van der Waals surface area contributed by atoms with Crippen molar-refractivity contribution in [1.29, 1.82) is 0 Å². The van der Waals surface area contributed by atoms with Gasteiger partial charge in [0, 0.05) is 24.5 Å². The lowest BCUT2D eigenvalue weighted by Gasteiger charge is -2.07. The summed E-state index contributed by atoms with van der Waals surface area (Å²) >= 11 is 3.33. The van der Waals surface area contributed by atoms with Crippen LogP contribution in [-0.2, 0) is 0 Å². The van der Waals surface area contributed by atoms with Crippen molar-refractivity contribution in [2.75, 3.05) is 17.2 Å². The van der Waals surface area contributed by atoms with Gasteiger partial charge in [-0.15, -0.1) is 0 Å². The van der Waals surface area contributed by atoms with Crippen molar-refractivity contribution < 1.29 is 4.79 Å². The van der Waals surface area contributed by atoms with Crippen LogP contribution in [0.2, 0.25) is 0 Å². The first kappa shape index (κ1) is 13.5. The number of hydrogen-bond acceptors (Lipinski definition) is 4. The smallest absolute Gasteiger partial charge is 0.257 e. The fourth-order valence-corrected chi connectivity index (χ4v) is 1.86. The molecule has 5 nitrogen and oxygen atoms in total. The van der Waals surface area contributed by atoms with E-state index in [2.05, 4.69) is 36.5 Å². The topological polar surface area (TPSA) is 66.9 Å². The Morgan fingerprint density at radius 3 is 2.89 bits per heavy atom. The summed E-state index contributed by atoms with van der Waals surface area (Å²) in [6, 6.07) is 6.97. The van der Waals surface area contributed by atoms with Gasteiger partial charge >= 0.3 is 0 Å². The number of carbonyl (C=O) groups is 1. The largest absolute Gasteiger partial charge is 0.370 e. The lowest BCUT2D eigenvalue weighted by Crippen LogP contribution is -2.14. The van der Waals surface area contributed by atoms with Crippen molar-refractivity contribution in [2.45, 2.75) is 6.92 Å². The summed E-state index contributed by atoms with van der Waals surface area (Å²) in [6.07, 6.45) is 3.22. The zero-order valence-corrected chi connectivity index (χ0v) is 11.9. The Hall–Kier alpha value is -1.95. The fourth-order valence-electron chi connectivity index (χ4n) is 1.51. The maximum Gasteiger partial charge on any atom is 0.257 e. The molecule has 0 fully saturated rings. The Morgan fingerprint density at radius 2 is 2.16 bits per heavy atom. The summed E-state index contributed by atoms with van der Waals surface area (Å²) in [5, 5.41) is 5.81. The molecule has 0 spiro atoms. The number of amides is 1. The van der Waals surface area contributed by atoms with Crippen LogP contribution in [0.1, 0.15) is 17.3 Å². The van der Waals surface area contributed by atoms with Crippen LogP contribution in [0.25, 0.3) is 0 Å². The minimum Gasteiger partial charge on any atom is -0.370 e. The average molecular weight is 321 g/mol. The van der Waals surface area contributed by atoms with Crippen LogP contribution in [0.5, 0.6) is 0 Å². The number of rotatable bonds is 4. The highest BCUT2D eigenvalue weighted by Gasteiger charge is 2.09. The predicted molar refractivity (Wildman–Crippen MR) is 78.3 cm³/mol. The molecule has 0 saturated carbocycles. The van der Waals surface area contributed by atoms with Crippen LogP contribution in [-0.4, -0.2) is 22.4 Å². The van der Waals surface area contributed by atoms with Gasteiger partial charge in [0.2, 0.25) is 0 Å².